The molecule has 4 heterocycles. The number of ether oxygens (including phenoxy) is 1. The molecule has 8 heteroatoms. The Kier molecular flexibility index (Phi) is 8.45. The molecule has 4 bridgehead atoms. The molecule has 0 amide bonds. The molecule has 30 heavy (non-hydrogen) atoms. The Hall–Kier alpha value is -1.73. The number of aliphatic hydroxyl groups excluding tert-OH is 2. The third kappa shape index (κ3) is 4.94. The highest BCUT2D eigenvalue weighted by atomic mass is 31.1. The fourth-order valence-corrected chi connectivity index (χ4v) is 7.60. The third-order valence-electron chi connectivity index (χ3n) is 5.54. The highest BCUT2D eigenvalue weighted by molar-refractivity contribution is 7.58. The molecule has 0 spiro atoms. The smallest absolute Gasteiger partial charge is 0.118 e. The van der Waals surface area contributed by atoms with Gasteiger partial charge in [0, 0.05) is 32.5 Å². The average molecular weight is 433 g/mol. The number of nitrogens with zero attached hydrogens (tertiary/aromatic N) is 3. The molecular weight excluding hydrogens is 399 g/mol. The Balaban J connectivity index is 0.000000606. The van der Waals surface area contributed by atoms with Crippen molar-refractivity contribution in [2.24, 2.45) is 0 Å². The molecule has 0 aliphatic carbocycles. The number of rotatable bonds is 5. The molecule has 6 rings (SSSR count). The first-order valence-electron chi connectivity index (χ1n) is 10.1. The van der Waals surface area contributed by atoms with Gasteiger partial charge in [-0.25, -0.2) is 0 Å². The molecule has 2 unspecified atom stereocenters. The van der Waals surface area contributed by atoms with Gasteiger partial charge < -0.3 is 20.3 Å². The van der Waals surface area contributed by atoms with Crippen LogP contribution in [-0.2, 0) is 0 Å². The summed E-state index contributed by atoms with van der Waals surface area (Å²) in [6.45, 7) is 3.35. The van der Waals surface area contributed by atoms with E-state index < -0.39 is 0 Å². The van der Waals surface area contributed by atoms with Crippen LogP contribution >= 0.6 is 7.92 Å². The van der Waals surface area contributed by atoms with Gasteiger partial charge in [-0.1, -0.05) is 38.3 Å². The number of aliphatic hydroxyl groups is 2. The van der Waals surface area contributed by atoms with E-state index in [9.17, 15) is 0 Å². The number of benzene rings is 2. The molecular formula is C22H33N4O3P. The lowest BCUT2D eigenvalue weighted by atomic mass is 10.0. The number of anilines is 1. The van der Waals surface area contributed by atoms with Crippen LogP contribution in [0.4, 0.5) is 5.69 Å². The molecule has 0 saturated carbocycles. The maximum atomic E-state index is 7.00. The first-order valence-corrected chi connectivity index (χ1v) is 11.9. The van der Waals surface area contributed by atoms with Crippen LogP contribution in [0.3, 0.4) is 0 Å². The second-order valence-corrected chi connectivity index (χ2v) is 9.67. The van der Waals surface area contributed by atoms with Gasteiger partial charge in [0.1, 0.15) is 5.75 Å². The van der Waals surface area contributed by atoms with Gasteiger partial charge in [-0.2, -0.15) is 0 Å². The van der Waals surface area contributed by atoms with E-state index in [1.165, 1.54) is 23.8 Å². The van der Waals surface area contributed by atoms with Gasteiger partial charge in [0.05, 0.1) is 38.9 Å². The summed E-state index contributed by atoms with van der Waals surface area (Å²) < 4.78 is 5.37. The maximum absolute atomic E-state index is 7.00. The lowest BCUT2D eigenvalue weighted by Gasteiger charge is -2.60. The summed E-state index contributed by atoms with van der Waals surface area (Å²) in [5, 5.41) is 17.9. The first kappa shape index (κ1) is 22.9. The van der Waals surface area contributed by atoms with Crippen molar-refractivity contribution in [3.8, 4) is 5.75 Å². The minimum atomic E-state index is -0.0615. The van der Waals surface area contributed by atoms with E-state index in [2.05, 4.69) is 74.6 Å². The summed E-state index contributed by atoms with van der Waals surface area (Å²) in [4.78, 5) is 7.87. The molecule has 4 saturated heterocycles. The highest BCUT2D eigenvalue weighted by Gasteiger charge is 2.48. The van der Waals surface area contributed by atoms with Crippen LogP contribution < -0.4 is 10.1 Å². The Morgan fingerprint density at radius 2 is 1.50 bits per heavy atom. The van der Waals surface area contributed by atoms with Gasteiger partial charge in [-0.15, -0.1) is 0 Å². The molecule has 2 aromatic carbocycles. The predicted octanol–water partition coefficient (Wildman–Crippen LogP) is 2.61. The normalized spacial score (nSPS) is 29.0. The fourth-order valence-electron chi connectivity index (χ4n) is 4.51. The van der Waals surface area contributed by atoms with Gasteiger partial charge in [-0.05, 0) is 29.8 Å². The Morgan fingerprint density at radius 3 is 2.03 bits per heavy atom. The Labute approximate surface area is 180 Å². The first-order chi connectivity index (χ1) is 14.8. The van der Waals surface area contributed by atoms with Crippen LogP contribution in [0.1, 0.15) is 11.6 Å². The molecule has 2 aromatic rings. The summed E-state index contributed by atoms with van der Waals surface area (Å²) in [7, 11) is 3.67. The topological polar surface area (TPSA) is 71.4 Å². The Morgan fingerprint density at radius 1 is 0.900 bits per heavy atom. The second-order valence-electron chi connectivity index (χ2n) is 7.40. The summed E-state index contributed by atoms with van der Waals surface area (Å²) in [5.74, 6) is 1.49. The molecule has 0 aromatic heterocycles. The van der Waals surface area contributed by atoms with Gasteiger partial charge >= 0.3 is 0 Å². The van der Waals surface area contributed by atoms with Crippen LogP contribution in [0.15, 0.2) is 54.6 Å². The number of methoxy groups -OCH3 is 1. The van der Waals surface area contributed by atoms with Crippen molar-refractivity contribution in [3.05, 3.63) is 60.2 Å². The minimum Gasteiger partial charge on any atom is -0.497 e. The minimum absolute atomic E-state index is 0.0615. The van der Waals surface area contributed by atoms with E-state index in [0.29, 0.717) is 11.8 Å². The summed E-state index contributed by atoms with van der Waals surface area (Å²) >= 11 is 0. The molecule has 7 nitrogen and oxygen atoms in total. The number of nitrogens with one attached hydrogen (secondary N) is 1. The monoisotopic (exact) mass is 432 g/mol. The van der Waals surface area contributed by atoms with Crippen molar-refractivity contribution in [1.82, 2.24) is 14.7 Å². The van der Waals surface area contributed by atoms with Crippen molar-refractivity contribution in [3.63, 3.8) is 0 Å². The zero-order valence-corrected chi connectivity index (χ0v) is 18.9. The molecule has 3 N–H and O–H groups in total. The fraction of sp³-hybridized carbons (Fsp3) is 0.455. The van der Waals surface area contributed by atoms with Crippen molar-refractivity contribution in [2.75, 3.05) is 59.2 Å². The van der Waals surface area contributed by atoms with Gasteiger partial charge in [0.2, 0.25) is 0 Å². The molecule has 4 aliphatic rings. The van der Waals surface area contributed by atoms with E-state index >= 15 is 0 Å². The third-order valence-corrected chi connectivity index (χ3v) is 8.44. The van der Waals surface area contributed by atoms with Crippen molar-refractivity contribution >= 4 is 13.6 Å². The van der Waals surface area contributed by atoms with Gasteiger partial charge in [0.15, 0.2) is 0 Å². The van der Waals surface area contributed by atoms with E-state index in [-0.39, 0.29) is 7.92 Å². The quantitative estimate of drug-likeness (QED) is 0.628. The van der Waals surface area contributed by atoms with E-state index in [1.54, 1.807) is 7.11 Å². The molecule has 4 atom stereocenters. The van der Waals surface area contributed by atoms with Crippen LogP contribution in [-0.4, -0.2) is 84.6 Å². The van der Waals surface area contributed by atoms with Crippen LogP contribution in [0.5, 0.6) is 5.75 Å². The molecule has 0 radical (unpaired) electrons. The Bertz CT molecular complexity index is 735. The lowest BCUT2D eigenvalue weighted by Crippen LogP contribution is -2.67. The molecule has 4 fully saturated rings. The maximum Gasteiger partial charge on any atom is 0.118 e. The number of hydrogen-bond acceptors (Lipinski definition) is 7. The van der Waals surface area contributed by atoms with Crippen molar-refractivity contribution < 1.29 is 14.9 Å². The van der Waals surface area contributed by atoms with Crippen LogP contribution in [0.25, 0.3) is 0 Å². The number of para-hydroxylation sites is 1. The highest BCUT2D eigenvalue weighted by Crippen LogP contribution is 2.57. The van der Waals surface area contributed by atoms with Crippen LogP contribution in [0, 0.1) is 0 Å². The summed E-state index contributed by atoms with van der Waals surface area (Å²) in [6, 6.07) is 19.5. The van der Waals surface area contributed by atoms with E-state index in [1.807, 2.05) is 0 Å². The van der Waals surface area contributed by atoms with Gasteiger partial charge in [0.25, 0.3) is 0 Å². The molecule has 164 valence electrons. The largest absolute Gasteiger partial charge is 0.497 e. The SMILES string of the molecule is CO.CO.COc1ccc([C@H](Nc2ccccc2)[C@@H]2N3CN4CN(C3)CP2C4)cc1. The number of hydrogen-bond donors (Lipinski definition) is 3. The van der Waals surface area contributed by atoms with Crippen molar-refractivity contribution in [2.45, 2.75) is 11.8 Å². The standard InChI is InChI=1S/C20H25N4OP.2CH4O/c1-25-18-9-7-16(8-10-18)19(21-17-5-3-2-4-6-17)20-24-12-22-11-23(13-24)15-26(20)14-22;2*1-2/h2-10,19-21H,11-15H2,1H3;2*2H,1H3/t19-,20+;;/m0../s1. The van der Waals surface area contributed by atoms with Crippen LogP contribution in [0.2, 0.25) is 0 Å². The average Bonchev–Trinajstić information content (AvgIpc) is 2.81. The second kappa shape index (κ2) is 11.0. The van der Waals surface area contributed by atoms with Crippen molar-refractivity contribution in [1.29, 1.82) is 0 Å². The van der Waals surface area contributed by atoms with E-state index in [0.717, 1.165) is 40.0 Å². The van der Waals surface area contributed by atoms with E-state index in [4.69, 9.17) is 14.9 Å². The lowest BCUT2D eigenvalue weighted by molar-refractivity contribution is -0.0493. The predicted molar refractivity (Wildman–Crippen MR) is 123 cm³/mol. The summed E-state index contributed by atoms with van der Waals surface area (Å²) in [5.41, 5.74) is 2.54. The zero-order valence-electron chi connectivity index (χ0n) is 18.0. The van der Waals surface area contributed by atoms with Gasteiger partial charge in [-0.3, -0.25) is 14.7 Å². The summed E-state index contributed by atoms with van der Waals surface area (Å²) in [6.07, 6.45) is 2.55. The zero-order chi connectivity index (χ0) is 21.5. The molecule has 4 aliphatic heterocycles.